The van der Waals surface area contributed by atoms with Crippen molar-refractivity contribution in [3.8, 4) is 0 Å². The highest BCUT2D eigenvalue weighted by atomic mass is 32.1. The minimum absolute atomic E-state index is 0.0237. The third kappa shape index (κ3) is 2.48. The van der Waals surface area contributed by atoms with Crippen LogP contribution in [0.15, 0.2) is 42.5 Å². The number of para-hydroxylation sites is 1. The summed E-state index contributed by atoms with van der Waals surface area (Å²) in [6.07, 6.45) is 0.461. The number of non-ortho nitro benzene ring substituents is 1. The summed E-state index contributed by atoms with van der Waals surface area (Å²) in [7, 11) is 1.54. The lowest BCUT2D eigenvalue weighted by atomic mass is 10.00. The molecule has 3 aromatic rings. The van der Waals surface area contributed by atoms with Gasteiger partial charge in [0.1, 0.15) is 0 Å². The van der Waals surface area contributed by atoms with E-state index in [1.807, 2.05) is 24.3 Å². The molecule has 0 N–H and O–H groups in total. The summed E-state index contributed by atoms with van der Waals surface area (Å²) in [5.74, 6) is 0. The number of aromatic nitrogens is 1. The predicted octanol–water partition coefficient (Wildman–Crippen LogP) is 3.81. The number of rotatable bonds is 3. The van der Waals surface area contributed by atoms with Crippen LogP contribution >= 0.6 is 12.2 Å². The molecule has 0 aliphatic rings. The molecule has 0 atom stereocenters. The normalized spacial score (nSPS) is 10.8. The van der Waals surface area contributed by atoms with Gasteiger partial charge in [-0.25, -0.2) is 4.98 Å². The Morgan fingerprint density at radius 2 is 1.95 bits per heavy atom. The number of benzene rings is 2. The minimum Gasteiger partial charge on any atom is -0.490 e. The van der Waals surface area contributed by atoms with Gasteiger partial charge in [0.25, 0.3) is 5.69 Å². The average molecular weight is 312 g/mol. The predicted molar refractivity (Wildman–Crippen MR) is 89.2 cm³/mol. The second-order valence-corrected chi connectivity index (χ2v) is 5.27. The van der Waals surface area contributed by atoms with Crippen molar-refractivity contribution in [2.45, 2.75) is 6.42 Å². The van der Waals surface area contributed by atoms with Crippen LogP contribution in [0.5, 0.6) is 0 Å². The van der Waals surface area contributed by atoms with Crippen molar-refractivity contribution in [2.24, 2.45) is 0 Å². The maximum Gasteiger partial charge on any atom is 0.271 e. The zero-order valence-corrected chi connectivity index (χ0v) is 12.6. The Kier molecular flexibility index (Phi) is 3.68. The summed E-state index contributed by atoms with van der Waals surface area (Å²) >= 11 is 5.18. The Labute approximate surface area is 131 Å². The number of hydrogen-bond donors (Lipinski definition) is 0. The molecule has 0 spiro atoms. The molecule has 3 rings (SSSR count). The first-order valence-electron chi connectivity index (χ1n) is 6.62. The van der Waals surface area contributed by atoms with Gasteiger partial charge in [0.15, 0.2) is 5.05 Å². The van der Waals surface area contributed by atoms with Crippen LogP contribution in [0.1, 0.15) is 5.56 Å². The molecule has 0 saturated carbocycles. The van der Waals surface area contributed by atoms with Crippen LogP contribution in [0.2, 0.25) is 0 Å². The van der Waals surface area contributed by atoms with Gasteiger partial charge in [-0.1, -0.05) is 18.2 Å². The summed E-state index contributed by atoms with van der Waals surface area (Å²) in [5, 5.41) is 13.2. The van der Waals surface area contributed by atoms with Gasteiger partial charge in [0, 0.05) is 29.3 Å². The van der Waals surface area contributed by atoms with E-state index in [-0.39, 0.29) is 5.69 Å². The van der Waals surface area contributed by atoms with E-state index in [0.717, 1.165) is 21.9 Å². The van der Waals surface area contributed by atoms with Crippen LogP contribution in [0, 0.1) is 10.1 Å². The SMILES string of the molecule is COC(=S)Cc1c2ccccc2nc2cc([N+](=O)[O-])ccc12. The van der Waals surface area contributed by atoms with Crippen LogP contribution in [0.25, 0.3) is 21.8 Å². The molecule has 0 aliphatic carbocycles. The molecule has 1 aromatic heterocycles. The lowest BCUT2D eigenvalue weighted by molar-refractivity contribution is -0.384. The molecule has 1 heterocycles. The number of nitro benzene ring substituents is 1. The van der Waals surface area contributed by atoms with E-state index in [4.69, 9.17) is 17.0 Å². The van der Waals surface area contributed by atoms with E-state index in [2.05, 4.69) is 4.98 Å². The maximum atomic E-state index is 11.0. The Morgan fingerprint density at radius 3 is 2.68 bits per heavy atom. The molecule has 0 saturated heterocycles. The van der Waals surface area contributed by atoms with Crippen LogP contribution in [0.3, 0.4) is 0 Å². The Hall–Kier alpha value is -2.60. The highest BCUT2D eigenvalue weighted by Crippen LogP contribution is 2.29. The molecule has 0 radical (unpaired) electrons. The van der Waals surface area contributed by atoms with Gasteiger partial charge in [0.2, 0.25) is 0 Å². The number of ether oxygens (including phenoxy) is 1. The summed E-state index contributed by atoms with van der Waals surface area (Å²) in [6, 6.07) is 12.4. The molecule has 0 aliphatic heterocycles. The van der Waals surface area contributed by atoms with Crippen molar-refractivity contribution in [2.75, 3.05) is 7.11 Å². The average Bonchev–Trinajstić information content (AvgIpc) is 2.53. The van der Waals surface area contributed by atoms with Crippen LogP contribution in [0.4, 0.5) is 5.69 Å². The van der Waals surface area contributed by atoms with Gasteiger partial charge in [-0.05, 0) is 29.9 Å². The standard InChI is InChI=1S/C16H12N2O3S/c1-21-16(22)9-13-11-4-2-3-5-14(11)17-15-8-10(18(19)20)6-7-12(13)15/h2-8H,9H2,1H3. The second-order valence-electron chi connectivity index (χ2n) is 4.82. The molecule has 110 valence electrons. The number of fused-ring (bicyclic) bond motifs is 2. The van der Waals surface area contributed by atoms with Crippen molar-refractivity contribution in [1.82, 2.24) is 4.98 Å². The highest BCUT2D eigenvalue weighted by Gasteiger charge is 2.14. The fourth-order valence-corrected chi connectivity index (χ4v) is 2.63. The Morgan fingerprint density at radius 1 is 1.23 bits per heavy atom. The summed E-state index contributed by atoms with van der Waals surface area (Å²) in [5.41, 5.74) is 2.36. The smallest absolute Gasteiger partial charge is 0.271 e. The fourth-order valence-electron chi connectivity index (χ4n) is 2.49. The van der Waals surface area contributed by atoms with Crippen molar-refractivity contribution >= 4 is 44.8 Å². The number of nitro groups is 1. The molecule has 22 heavy (non-hydrogen) atoms. The van der Waals surface area contributed by atoms with Crippen LogP contribution in [-0.4, -0.2) is 22.1 Å². The van der Waals surface area contributed by atoms with E-state index < -0.39 is 4.92 Å². The molecule has 0 amide bonds. The largest absolute Gasteiger partial charge is 0.490 e. The number of hydrogen-bond acceptors (Lipinski definition) is 5. The van der Waals surface area contributed by atoms with Gasteiger partial charge >= 0.3 is 0 Å². The Balaban J connectivity index is 2.34. The molecular formula is C16H12N2O3S. The van der Waals surface area contributed by atoms with Gasteiger partial charge in [-0.15, -0.1) is 0 Å². The summed E-state index contributed by atoms with van der Waals surface area (Å²) in [4.78, 5) is 15.1. The van der Waals surface area contributed by atoms with Crippen molar-refractivity contribution in [3.05, 3.63) is 58.1 Å². The van der Waals surface area contributed by atoms with Crippen LogP contribution in [-0.2, 0) is 11.2 Å². The quantitative estimate of drug-likeness (QED) is 0.318. The number of methoxy groups -OCH3 is 1. The molecule has 0 unspecified atom stereocenters. The zero-order chi connectivity index (χ0) is 15.7. The van der Waals surface area contributed by atoms with Gasteiger partial charge in [0.05, 0.1) is 23.1 Å². The lowest BCUT2D eigenvalue weighted by Gasteiger charge is -2.11. The monoisotopic (exact) mass is 312 g/mol. The van der Waals surface area contributed by atoms with Crippen molar-refractivity contribution in [1.29, 1.82) is 0 Å². The maximum absolute atomic E-state index is 11.0. The first-order chi connectivity index (χ1) is 10.6. The Bertz CT molecular complexity index is 908. The molecule has 0 fully saturated rings. The second kappa shape index (κ2) is 5.65. The van der Waals surface area contributed by atoms with E-state index in [9.17, 15) is 10.1 Å². The third-order valence-electron chi connectivity index (χ3n) is 3.54. The molecule has 6 heteroatoms. The van der Waals surface area contributed by atoms with E-state index >= 15 is 0 Å². The van der Waals surface area contributed by atoms with Gasteiger partial charge in [-0.2, -0.15) is 0 Å². The summed E-state index contributed by atoms with van der Waals surface area (Å²) in [6.45, 7) is 0. The van der Waals surface area contributed by atoms with Gasteiger partial charge < -0.3 is 4.74 Å². The number of nitrogens with zero attached hydrogens (tertiary/aromatic N) is 2. The van der Waals surface area contributed by atoms with E-state index in [1.165, 1.54) is 12.1 Å². The topological polar surface area (TPSA) is 65.3 Å². The molecule has 0 bridgehead atoms. The minimum atomic E-state index is -0.421. The van der Waals surface area contributed by atoms with Crippen molar-refractivity contribution < 1.29 is 9.66 Å². The first kappa shape index (κ1) is 14.3. The first-order valence-corrected chi connectivity index (χ1v) is 7.03. The lowest BCUT2D eigenvalue weighted by Crippen LogP contribution is -2.04. The van der Waals surface area contributed by atoms with Crippen LogP contribution < -0.4 is 0 Å². The van der Waals surface area contributed by atoms with E-state index in [1.54, 1.807) is 13.2 Å². The zero-order valence-electron chi connectivity index (χ0n) is 11.8. The highest BCUT2D eigenvalue weighted by molar-refractivity contribution is 7.80. The number of pyridine rings is 1. The molecule has 5 nitrogen and oxygen atoms in total. The number of thiocarbonyl (C=S) groups is 1. The van der Waals surface area contributed by atoms with Gasteiger partial charge in [-0.3, -0.25) is 10.1 Å². The summed E-state index contributed by atoms with van der Waals surface area (Å²) < 4.78 is 5.12. The third-order valence-corrected chi connectivity index (χ3v) is 3.85. The van der Waals surface area contributed by atoms with Crippen molar-refractivity contribution in [3.63, 3.8) is 0 Å². The van der Waals surface area contributed by atoms with E-state index in [0.29, 0.717) is 17.0 Å². The molecule has 2 aromatic carbocycles. The fraction of sp³-hybridized carbons (Fsp3) is 0.125. The molecular weight excluding hydrogens is 300 g/mol.